The summed E-state index contributed by atoms with van der Waals surface area (Å²) in [6.07, 6.45) is 2.00. The van der Waals surface area contributed by atoms with E-state index in [2.05, 4.69) is 21.8 Å². The van der Waals surface area contributed by atoms with E-state index < -0.39 is 0 Å². The van der Waals surface area contributed by atoms with Gasteiger partial charge in [0.15, 0.2) is 0 Å². The summed E-state index contributed by atoms with van der Waals surface area (Å²) in [5.41, 5.74) is 6.15. The van der Waals surface area contributed by atoms with Crippen LogP contribution in [0.4, 0.5) is 10.1 Å². The number of para-hydroxylation sites is 1. The lowest BCUT2D eigenvalue weighted by Gasteiger charge is -2.20. The highest BCUT2D eigenvalue weighted by Crippen LogP contribution is 2.44. The molecule has 6 aromatic rings. The fraction of sp³-hybridized carbons (Fsp3) is 0.125. The SMILES string of the molecule is CNC(=O)c1c(-c2ccc(F)cc2)oc2cc(N(C)SC)c(-c3ccc(OC)c(-c4nc5ccccc5s4)c3)cc12. The summed E-state index contributed by atoms with van der Waals surface area (Å²) in [4.78, 5) is 18.1. The number of furan rings is 1. The van der Waals surface area contributed by atoms with E-state index in [1.165, 1.54) is 12.1 Å². The quantitative estimate of drug-likeness (QED) is 0.191. The summed E-state index contributed by atoms with van der Waals surface area (Å²) >= 11 is 3.17. The van der Waals surface area contributed by atoms with Gasteiger partial charge in [-0.3, -0.25) is 4.79 Å². The van der Waals surface area contributed by atoms with Crippen LogP contribution in [0.15, 0.2) is 83.3 Å². The number of rotatable bonds is 7. The molecule has 2 heterocycles. The topological polar surface area (TPSA) is 67.6 Å². The van der Waals surface area contributed by atoms with Crippen LogP contribution in [0.1, 0.15) is 10.4 Å². The molecule has 0 spiro atoms. The number of nitrogens with one attached hydrogen (secondary N) is 1. The number of hydrogen-bond acceptors (Lipinski definition) is 7. The number of thiazole rings is 1. The monoisotopic (exact) mass is 583 g/mol. The minimum Gasteiger partial charge on any atom is -0.496 e. The molecule has 41 heavy (non-hydrogen) atoms. The number of anilines is 1. The summed E-state index contributed by atoms with van der Waals surface area (Å²) in [6.45, 7) is 0. The predicted octanol–water partition coefficient (Wildman–Crippen LogP) is 8.27. The Kier molecular flexibility index (Phi) is 7.15. The lowest BCUT2D eigenvalue weighted by atomic mass is 9.97. The average Bonchev–Trinajstić information content (AvgIpc) is 3.61. The second kappa shape index (κ2) is 10.9. The molecule has 0 bridgehead atoms. The van der Waals surface area contributed by atoms with Crippen LogP contribution in [0.25, 0.3) is 54.2 Å². The van der Waals surface area contributed by atoms with Crippen molar-refractivity contribution in [2.75, 3.05) is 31.8 Å². The number of halogens is 1. The Hall–Kier alpha value is -4.34. The van der Waals surface area contributed by atoms with Crippen molar-refractivity contribution in [3.05, 3.63) is 90.2 Å². The van der Waals surface area contributed by atoms with Gasteiger partial charge in [-0.1, -0.05) is 30.1 Å². The maximum atomic E-state index is 13.7. The van der Waals surface area contributed by atoms with Crippen molar-refractivity contribution in [3.8, 4) is 38.8 Å². The number of fused-ring (bicyclic) bond motifs is 2. The first kappa shape index (κ1) is 26.9. The zero-order valence-corrected chi connectivity index (χ0v) is 24.5. The fourth-order valence-electron chi connectivity index (χ4n) is 4.91. The van der Waals surface area contributed by atoms with Crippen LogP contribution >= 0.6 is 23.3 Å². The average molecular weight is 584 g/mol. The first-order valence-corrected chi connectivity index (χ1v) is 14.8. The molecule has 206 valence electrons. The molecule has 4 aromatic carbocycles. The zero-order chi connectivity index (χ0) is 28.7. The Balaban J connectivity index is 1.60. The van der Waals surface area contributed by atoms with Gasteiger partial charge in [0.1, 0.15) is 27.9 Å². The lowest BCUT2D eigenvalue weighted by molar-refractivity contribution is 0.0964. The zero-order valence-electron chi connectivity index (χ0n) is 22.8. The van der Waals surface area contributed by atoms with Crippen LogP contribution in [0.2, 0.25) is 0 Å². The summed E-state index contributed by atoms with van der Waals surface area (Å²) < 4.78 is 28.9. The number of carbonyl (C=O) groups is 1. The minimum atomic E-state index is -0.360. The summed E-state index contributed by atoms with van der Waals surface area (Å²) in [7, 11) is 5.22. The minimum absolute atomic E-state index is 0.287. The van der Waals surface area contributed by atoms with Crippen LogP contribution in [-0.4, -0.2) is 38.4 Å². The number of methoxy groups -OCH3 is 1. The molecule has 0 saturated heterocycles. The van der Waals surface area contributed by atoms with E-state index in [4.69, 9.17) is 14.1 Å². The van der Waals surface area contributed by atoms with Gasteiger partial charge in [0.2, 0.25) is 0 Å². The van der Waals surface area contributed by atoms with Crippen molar-refractivity contribution >= 4 is 56.1 Å². The number of ether oxygens (including phenoxy) is 1. The molecule has 0 saturated carbocycles. The molecule has 6 rings (SSSR count). The first-order chi connectivity index (χ1) is 19.9. The van der Waals surface area contributed by atoms with Gasteiger partial charge in [-0.25, -0.2) is 9.37 Å². The Labute approximate surface area is 244 Å². The van der Waals surface area contributed by atoms with Crippen LogP contribution < -0.4 is 14.4 Å². The van der Waals surface area contributed by atoms with Gasteiger partial charge < -0.3 is 18.8 Å². The van der Waals surface area contributed by atoms with Crippen molar-refractivity contribution < 1.29 is 18.3 Å². The third-order valence-electron chi connectivity index (χ3n) is 7.01. The Bertz CT molecular complexity index is 1880. The van der Waals surface area contributed by atoms with Crippen LogP contribution in [0.3, 0.4) is 0 Å². The van der Waals surface area contributed by atoms with Crippen molar-refractivity contribution in [1.29, 1.82) is 0 Å². The summed E-state index contributed by atoms with van der Waals surface area (Å²) in [6, 6.07) is 24.0. The number of aromatic nitrogens is 1. The third kappa shape index (κ3) is 4.81. The molecule has 0 atom stereocenters. The predicted molar refractivity (Wildman–Crippen MR) is 168 cm³/mol. The number of benzene rings is 4. The number of carbonyl (C=O) groups excluding carboxylic acids is 1. The van der Waals surface area contributed by atoms with Crippen molar-refractivity contribution in [2.45, 2.75) is 0 Å². The molecule has 0 aliphatic rings. The van der Waals surface area contributed by atoms with Crippen molar-refractivity contribution in [1.82, 2.24) is 10.3 Å². The van der Waals surface area contributed by atoms with Crippen molar-refractivity contribution in [2.24, 2.45) is 0 Å². The van der Waals surface area contributed by atoms with E-state index in [1.54, 1.807) is 49.6 Å². The lowest BCUT2D eigenvalue weighted by Crippen LogP contribution is -2.18. The van der Waals surface area contributed by atoms with Gasteiger partial charge >= 0.3 is 0 Å². The summed E-state index contributed by atoms with van der Waals surface area (Å²) in [5.74, 6) is 0.464. The van der Waals surface area contributed by atoms with Crippen LogP contribution in [0, 0.1) is 5.82 Å². The van der Waals surface area contributed by atoms with Gasteiger partial charge in [0.05, 0.1) is 34.1 Å². The molecule has 0 radical (unpaired) electrons. The third-order valence-corrected chi connectivity index (χ3v) is 8.83. The van der Waals surface area contributed by atoms with Crippen molar-refractivity contribution in [3.63, 3.8) is 0 Å². The van der Waals surface area contributed by atoms with Gasteiger partial charge in [-0.2, -0.15) is 0 Å². The normalized spacial score (nSPS) is 11.2. The Morgan fingerprint density at radius 3 is 2.49 bits per heavy atom. The molecular weight excluding hydrogens is 558 g/mol. The van der Waals surface area contributed by atoms with Crippen LogP contribution in [0.5, 0.6) is 5.75 Å². The van der Waals surface area contributed by atoms with E-state index in [1.807, 2.05) is 55.8 Å². The summed E-state index contributed by atoms with van der Waals surface area (Å²) in [5, 5.41) is 4.26. The maximum Gasteiger partial charge on any atom is 0.255 e. The van der Waals surface area contributed by atoms with E-state index in [9.17, 15) is 9.18 Å². The second-order valence-corrected chi connectivity index (χ2v) is 11.3. The molecule has 1 N–H and O–H groups in total. The second-order valence-electron chi connectivity index (χ2n) is 9.34. The standard InChI is InChI=1S/C32H26FN3O3S2/c1-34-31(37)29-22-16-21(25(36(2)40-4)17-27(22)39-30(29)18-9-12-20(33)13-10-18)19-11-14-26(38-3)23(15-19)32-35-24-7-5-6-8-28(24)41-32/h5-17H,1-4H3,(H,34,37). The van der Waals surface area contributed by atoms with Gasteiger partial charge in [-0.05, 0) is 60.2 Å². The van der Waals surface area contributed by atoms with Gasteiger partial charge in [0.25, 0.3) is 5.91 Å². The highest BCUT2D eigenvalue weighted by atomic mass is 32.2. The van der Waals surface area contributed by atoms with Gasteiger partial charge in [-0.15, -0.1) is 11.3 Å². The van der Waals surface area contributed by atoms with E-state index in [0.29, 0.717) is 27.9 Å². The number of amides is 1. The Morgan fingerprint density at radius 2 is 1.78 bits per heavy atom. The molecule has 6 nitrogen and oxygen atoms in total. The highest BCUT2D eigenvalue weighted by molar-refractivity contribution is 7.99. The molecule has 0 aliphatic heterocycles. The molecule has 9 heteroatoms. The van der Waals surface area contributed by atoms with E-state index in [-0.39, 0.29) is 11.7 Å². The largest absolute Gasteiger partial charge is 0.496 e. The molecule has 1 amide bonds. The number of hydrogen-bond donors (Lipinski definition) is 1. The highest BCUT2D eigenvalue weighted by Gasteiger charge is 2.25. The molecule has 0 fully saturated rings. The maximum absolute atomic E-state index is 13.7. The molecule has 0 unspecified atom stereocenters. The smallest absolute Gasteiger partial charge is 0.255 e. The molecule has 0 aliphatic carbocycles. The fourth-order valence-corrected chi connectivity index (χ4v) is 6.24. The van der Waals surface area contributed by atoms with E-state index >= 15 is 0 Å². The van der Waals surface area contributed by atoms with Gasteiger partial charge in [0, 0.05) is 42.9 Å². The first-order valence-electron chi connectivity index (χ1n) is 12.8. The molecular formula is C32H26FN3O3S2. The molecule has 2 aromatic heterocycles. The number of nitrogens with zero attached hydrogens (tertiary/aromatic N) is 2. The van der Waals surface area contributed by atoms with E-state index in [0.717, 1.165) is 43.4 Å². The van der Waals surface area contributed by atoms with Crippen LogP contribution in [-0.2, 0) is 0 Å². The Morgan fingerprint density at radius 1 is 1.02 bits per heavy atom.